The molecule has 134 valence electrons. The smallest absolute Gasteiger partial charge is 0.331 e. The number of aryl methyl sites for hydroxylation is 1. The van der Waals surface area contributed by atoms with E-state index in [2.05, 4.69) is 5.32 Å². The molecule has 7 heteroatoms. The Morgan fingerprint density at radius 1 is 1.15 bits per heavy atom. The Hall–Kier alpha value is -3.48. The van der Waals surface area contributed by atoms with Crippen LogP contribution in [0.25, 0.3) is 6.08 Å². The highest BCUT2D eigenvalue weighted by molar-refractivity contribution is 5.97. The van der Waals surface area contributed by atoms with Gasteiger partial charge in [-0.3, -0.25) is 14.9 Å². The zero-order valence-electron chi connectivity index (χ0n) is 14.4. The number of carbonyl (C=O) groups excluding carboxylic acids is 2. The second kappa shape index (κ2) is 8.57. The number of ether oxygens (including phenoxy) is 1. The molecule has 0 saturated heterocycles. The van der Waals surface area contributed by atoms with Crippen molar-refractivity contribution in [1.82, 2.24) is 0 Å². The number of hydrogen-bond donors (Lipinski definition) is 1. The molecule has 26 heavy (non-hydrogen) atoms. The highest BCUT2D eigenvalue weighted by Gasteiger charge is 2.19. The number of rotatable bonds is 6. The van der Waals surface area contributed by atoms with E-state index in [1.54, 1.807) is 26.0 Å². The number of benzene rings is 2. The van der Waals surface area contributed by atoms with Gasteiger partial charge in [0, 0.05) is 12.1 Å². The van der Waals surface area contributed by atoms with Crippen LogP contribution >= 0.6 is 0 Å². The third-order valence-corrected chi connectivity index (χ3v) is 3.73. The number of carbonyl (C=O) groups is 2. The van der Waals surface area contributed by atoms with E-state index < -0.39 is 23.4 Å². The summed E-state index contributed by atoms with van der Waals surface area (Å²) in [5.41, 5.74) is 2.10. The molecule has 0 heterocycles. The Bertz CT molecular complexity index is 860. The van der Waals surface area contributed by atoms with Gasteiger partial charge in [0.25, 0.3) is 11.6 Å². The summed E-state index contributed by atoms with van der Waals surface area (Å²) in [5.74, 6) is -1.33. The molecule has 0 saturated carbocycles. The van der Waals surface area contributed by atoms with Crippen molar-refractivity contribution in [2.75, 3.05) is 11.9 Å². The van der Waals surface area contributed by atoms with Crippen molar-refractivity contribution < 1.29 is 19.2 Å². The molecular formula is C19H18N2O5. The van der Waals surface area contributed by atoms with E-state index in [0.29, 0.717) is 5.56 Å². The zero-order chi connectivity index (χ0) is 19.1. The first-order valence-corrected chi connectivity index (χ1v) is 7.83. The number of amides is 1. The molecule has 2 rings (SSSR count). The molecule has 2 aromatic rings. The van der Waals surface area contributed by atoms with Crippen LogP contribution in [-0.4, -0.2) is 23.4 Å². The Labute approximate surface area is 150 Å². The molecule has 0 unspecified atom stereocenters. The zero-order valence-corrected chi connectivity index (χ0v) is 14.4. The summed E-state index contributed by atoms with van der Waals surface area (Å²) < 4.78 is 4.86. The van der Waals surface area contributed by atoms with E-state index in [1.165, 1.54) is 12.1 Å². The van der Waals surface area contributed by atoms with Crippen molar-refractivity contribution in [3.8, 4) is 0 Å². The third kappa shape index (κ3) is 5.01. The monoisotopic (exact) mass is 354 g/mol. The first-order valence-electron chi connectivity index (χ1n) is 7.83. The molecule has 0 bridgehead atoms. The van der Waals surface area contributed by atoms with Crippen LogP contribution in [-0.2, 0) is 14.3 Å². The molecule has 1 amide bonds. The first-order chi connectivity index (χ1) is 12.4. The summed E-state index contributed by atoms with van der Waals surface area (Å²) in [6, 6.07) is 12.1. The molecule has 0 aliphatic heterocycles. The number of nitrogens with one attached hydrogen (secondary N) is 1. The SMILES string of the molecule is Cc1ccc([N+](=O)[O-])c(NC(=O)COC(=O)/C=C/c2ccccc2)c1C. The highest BCUT2D eigenvalue weighted by atomic mass is 16.6. The largest absolute Gasteiger partial charge is 0.452 e. The quantitative estimate of drug-likeness (QED) is 0.371. The van der Waals surface area contributed by atoms with Crippen molar-refractivity contribution in [3.05, 3.63) is 75.3 Å². The standard InChI is InChI=1S/C19H18N2O5/c1-13-8-10-16(21(24)25)19(14(13)2)20-17(22)12-26-18(23)11-9-15-6-4-3-5-7-15/h3-11H,12H2,1-2H3,(H,20,22)/b11-9+. The molecule has 0 aromatic heterocycles. The maximum absolute atomic E-state index is 12.0. The molecular weight excluding hydrogens is 336 g/mol. The maximum atomic E-state index is 12.0. The van der Waals surface area contributed by atoms with Crippen LogP contribution in [0.15, 0.2) is 48.5 Å². The molecule has 0 spiro atoms. The van der Waals surface area contributed by atoms with Gasteiger partial charge in [-0.05, 0) is 36.6 Å². The van der Waals surface area contributed by atoms with E-state index in [-0.39, 0.29) is 11.4 Å². The van der Waals surface area contributed by atoms with Gasteiger partial charge in [0.05, 0.1) is 4.92 Å². The van der Waals surface area contributed by atoms with Crippen molar-refractivity contribution in [3.63, 3.8) is 0 Å². The van der Waals surface area contributed by atoms with E-state index in [0.717, 1.165) is 11.1 Å². The van der Waals surface area contributed by atoms with Crippen molar-refractivity contribution in [2.24, 2.45) is 0 Å². The Balaban J connectivity index is 1.97. The average Bonchev–Trinajstić information content (AvgIpc) is 2.62. The van der Waals surface area contributed by atoms with Gasteiger partial charge < -0.3 is 10.1 Å². The lowest BCUT2D eigenvalue weighted by Gasteiger charge is -2.11. The van der Waals surface area contributed by atoms with Gasteiger partial charge in [-0.1, -0.05) is 36.4 Å². The lowest BCUT2D eigenvalue weighted by Crippen LogP contribution is -2.21. The van der Waals surface area contributed by atoms with E-state index in [9.17, 15) is 19.7 Å². The number of esters is 1. The number of anilines is 1. The summed E-state index contributed by atoms with van der Waals surface area (Å²) in [5, 5.41) is 13.6. The van der Waals surface area contributed by atoms with Crippen LogP contribution in [0.3, 0.4) is 0 Å². The lowest BCUT2D eigenvalue weighted by atomic mass is 10.1. The van der Waals surface area contributed by atoms with E-state index in [4.69, 9.17) is 4.74 Å². The molecule has 7 nitrogen and oxygen atoms in total. The second-order valence-electron chi connectivity index (χ2n) is 5.56. The van der Waals surface area contributed by atoms with E-state index >= 15 is 0 Å². The van der Waals surface area contributed by atoms with Crippen LogP contribution in [0.5, 0.6) is 0 Å². The van der Waals surface area contributed by atoms with Gasteiger partial charge in [-0.2, -0.15) is 0 Å². The predicted molar refractivity (Wildman–Crippen MR) is 97.6 cm³/mol. The van der Waals surface area contributed by atoms with Crippen LogP contribution < -0.4 is 5.32 Å². The third-order valence-electron chi connectivity index (χ3n) is 3.73. The van der Waals surface area contributed by atoms with Crippen LogP contribution in [0, 0.1) is 24.0 Å². The van der Waals surface area contributed by atoms with Gasteiger partial charge in [-0.25, -0.2) is 4.79 Å². The van der Waals surface area contributed by atoms with Crippen molar-refractivity contribution in [1.29, 1.82) is 0 Å². The number of nitro benzene ring substituents is 1. The average molecular weight is 354 g/mol. The minimum absolute atomic E-state index is 0.107. The fourth-order valence-corrected chi connectivity index (χ4v) is 2.20. The molecule has 0 atom stereocenters. The molecule has 0 fully saturated rings. The minimum atomic E-state index is -0.681. The first kappa shape index (κ1) is 18.9. The van der Waals surface area contributed by atoms with Gasteiger partial charge in [0.1, 0.15) is 5.69 Å². The Morgan fingerprint density at radius 3 is 2.50 bits per heavy atom. The van der Waals surface area contributed by atoms with Gasteiger partial charge in [0.15, 0.2) is 6.61 Å². The second-order valence-corrected chi connectivity index (χ2v) is 5.56. The van der Waals surface area contributed by atoms with Crippen molar-refractivity contribution in [2.45, 2.75) is 13.8 Å². The van der Waals surface area contributed by atoms with Gasteiger partial charge in [0.2, 0.25) is 0 Å². The fraction of sp³-hybridized carbons (Fsp3) is 0.158. The predicted octanol–water partition coefficient (Wildman–Crippen LogP) is 3.41. The van der Waals surface area contributed by atoms with Crippen LogP contribution in [0.2, 0.25) is 0 Å². The highest BCUT2D eigenvalue weighted by Crippen LogP contribution is 2.30. The summed E-state index contributed by atoms with van der Waals surface area (Å²) in [6.07, 6.45) is 2.78. The van der Waals surface area contributed by atoms with Crippen LogP contribution in [0.4, 0.5) is 11.4 Å². The summed E-state index contributed by atoms with van der Waals surface area (Å²) in [7, 11) is 0. The minimum Gasteiger partial charge on any atom is -0.452 e. The Morgan fingerprint density at radius 2 is 1.85 bits per heavy atom. The molecule has 0 aliphatic rings. The normalized spacial score (nSPS) is 10.5. The number of nitrogens with zero attached hydrogens (tertiary/aromatic N) is 1. The fourth-order valence-electron chi connectivity index (χ4n) is 2.20. The molecule has 0 radical (unpaired) electrons. The van der Waals surface area contributed by atoms with Gasteiger partial charge in [-0.15, -0.1) is 0 Å². The summed E-state index contributed by atoms with van der Waals surface area (Å²) in [4.78, 5) is 34.2. The molecule has 2 aromatic carbocycles. The molecule has 0 aliphatic carbocycles. The van der Waals surface area contributed by atoms with E-state index in [1.807, 2.05) is 30.3 Å². The summed E-state index contributed by atoms with van der Waals surface area (Å²) >= 11 is 0. The maximum Gasteiger partial charge on any atom is 0.331 e. The van der Waals surface area contributed by atoms with Gasteiger partial charge >= 0.3 is 5.97 Å². The number of hydrogen-bond acceptors (Lipinski definition) is 5. The summed E-state index contributed by atoms with van der Waals surface area (Å²) in [6.45, 7) is 2.91. The lowest BCUT2D eigenvalue weighted by molar-refractivity contribution is -0.384. The topological polar surface area (TPSA) is 98.5 Å². The van der Waals surface area contributed by atoms with Crippen molar-refractivity contribution >= 4 is 29.3 Å². The molecule has 1 N–H and O–H groups in total. The number of nitro groups is 1. The van der Waals surface area contributed by atoms with Crippen LogP contribution in [0.1, 0.15) is 16.7 Å². The Kier molecular flexibility index (Phi) is 6.21.